The van der Waals surface area contributed by atoms with E-state index in [1.54, 1.807) is 0 Å². The summed E-state index contributed by atoms with van der Waals surface area (Å²) in [4.78, 5) is 31.0. The van der Waals surface area contributed by atoms with Gasteiger partial charge in [0.05, 0.1) is 22.1 Å². The van der Waals surface area contributed by atoms with Crippen molar-refractivity contribution in [3.05, 3.63) is 218 Å². The molecule has 0 saturated carbocycles. The maximum atomic E-state index is 5.37. The number of fused-ring (bicyclic) bond motifs is 8. The zero-order valence-corrected chi connectivity index (χ0v) is 35.4. The van der Waals surface area contributed by atoms with Crippen molar-refractivity contribution >= 4 is 54.4 Å². The number of rotatable bonds is 7. The van der Waals surface area contributed by atoms with Gasteiger partial charge in [0.25, 0.3) is 0 Å². The predicted octanol–water partition coefficient (Wildman–Crippen LogP) is 13.7. The number of para-hydroxylation sites is 2. The molecule has 0 saturated heterocycles. The summed E-state index contributed by atoms with van der Waals surface area (Å²) >= 11 is 0. The molecule has 0 N–H and O–H groups in total. The monoisotopic (exact) mass is 844 g/mol. The van der Waals surface area contributed by atoms with Crippen molar-refractivity contribution in [2.75, 3.05) is 0 Å². The van der Waals surface area contributed by atoms with Crippen LogP contribution in [0.3, 0.4) is 0 Å². The highest BCUT2D eigenvalue weighted by atomic mass is 15.2. The highest BCUT2D eigenvalue weighted by Crippen LogP contribution is 2.42. The van der Waals surface area contributed by atoms with E-state index in [1.165, 1.54) is 0 Å². The Morgan fingerprint density at radius 2 is 0.682 bits per heavy atom. The summed E-state index contributed by atoms with van der Waals surface area (Å²) in [6.07, 6.45) is 0. The molecule has 0 radical (unpaired) electrons. The lowest BCUT2D eigenvalue weighted by molar-refractivity contribution is 0.953. The second-order valence-corrected chi connectivity index (χ2v) is 16.4. The largest absolute Gasteiger partial charge is 0.307 e. The molecule has 0 atom stereocenters. The molecular weight excluding hydrogens is 809 g/mol. The average Bonchev–Trinajstić information content (AvgIpc) is 3.92. The Kier molecular flexibility index (Phi) is 8.67. The van der Waals surface area contributed by atoms with E-state index in [2.05, 4.69) is 149 Å². The van der Waals surface area contributed by atoms with Crippen molar-refractivity contribution in [1.29, 1.82) is 0 Å². The summed E-state index contributed by atoms with van der Waals surface area (Å²) in [5, 5.41) is 6.70. The zero-order valence-electron chi connectivity index (χ0n) is 35.4. The number of hydrogen-bond acceptors (Lipinski definition) is 6. The molecule has 8 heteroatoms. The minimum atomic E-state index is 0.531. The molecule has 0 aliphatic rings. The minimum absolute atomic E-state index is 0.531. The van der Waals surface area contributed by atoms with Crippen LogP contribution in [0.25, 0.3) is 123 Å². The van der Waals surface area contributed by atoms with Crippen LogP contribution in [0.15, 0.2) is 218 Å². The molecule has 0 fully saturated rings. The molecule has 9 aromatic carbocycles. The van der Waals surface area contributed by atoms with Gasteiger partial charge in [0.15, 0.2) is 29.1 Å². The molecule has 0 aliphatic heterocycles. The molecule has 0 bridgehead atoms. The minimum Gasteiger partial charge on any atom is -0.307 e. The van der Waals surface area contributed by atoms with Crippen molar-refractivity contribution < 1.29 is 0 Å². The third-order valence-corrected chi connectivity index (χ3v) is 12.4. The second-order valence-electron chi connectivity index (χ2n) is 16.4. The SMILES string of the molecule is c1ccc(-c2nc(-c3ccccc3)nc(-c3cccc(-n4c5ccccc5c5ccc6c7ccccc7n(-c7nc(-c8ccccc8)nc(-c8ccc9ccccc9c8)n7)c6c54)c3)n2)cc1. The number of nitrogens with zero attached hydrogens (tertiary/aromatic N) is 8. The first-order valence-electron chi connectivity index (χ1n) is 22.0. The van der Waals surface area contributed by atoms with Gasteiger partial charge in [-0.15, -0.1) is 0 Å². The Hall–Kier alpha value is -9.14. The van der Waals surface area contributed by atoms with Crippen molar-refractivity contribution in [3.63, 3.8) is 0 Å². The first kappa shape index (κ1) is 37.4. The van der Waals surface area contributed by atoms with E-state index in [0.29, 0.717) is 35.1 Å². The second kappa shape index (κ2) is 15.3. The molecule has 66 heavy (non-hydrogen) atoms. The Morgan fingerprint density at radius 3 is 1.27 bits per heavy atom. The van der Waals surface area contributed by atoms with Gasteiger partial charge in [0, 0.05) is 55.0 Å². The molecule has 8 nitrogen and oxygen atoms in total. The van der Waals surface area contributed by atoms with Crippen LogP contribution in [0.2, 0.25) is 0 Å². The van der Waals surface area contributed by atoms with Gasteiger partial charge in [-0.3, -0.25) is 4.57 Å². The Morgan fingerprint density at radius 1 is 0.258 bits per heavy atom. The van der Waals surface area contributed by atoms with E-state index in [4.69, 9.17) is 29.9 Å². The van der Waals surface area contributed by atoms with E-state index < -0.39 is 0 Å². The van der Waals surface area contributed by atoms with Gasteiger partial charge in [-0.1, -0.05) is 188 Å². The Balaban J connectivity index is 1.09. The maximum absolute atomic E-state index is 5.37. The van der Waals surface area contributed by atoms with Gasteiger partial charge in [-0.05, 0) is 41.1 Å². The summed E-state index contributed by atoms with van der Waals surface area (Å²) in [5.74, 6) is 3.54. The van der Waals surface area contributed by atoms with E-state index in [9.17, 15) is 0 Å². The fraction of sp³-hybridized carbons (Fsp3) is 0. The molecule has 308 valence electrons. The van der Waals surface area contributed by atoms with E-state index >= 15 is 0 Å². The van der Waals surface area contributed by atoms with E-state index in [1.807, 2.05) is 78.9 Å². The van der Waals surface area contributed by atoms with Gasteiger partial charge in [0.2, 0.25) is 5.95 Å². The van der Waals surface area contributed by atoms with Gasteiger partial charge in [-0.25, -0.2) is 19.9 Å². The molecular formula is C58H36N8. The lowest BCUT2D eigenvalue weighted by Crippen LogP contribution is -2.07. The highest BCUT2D eigenvalue weighted by molar-refractivity contribution is 6.23. The molecule has 13 rings (SSSR count). The molecule has 0 aliphatic carbocycles. The van der Waals surface area contributed by atoms with Crippen molar-refractivity contribution in [2.45, 2.75) is 0 Å². The van der Waals surface area contributed by atoms with Crippen molar-refractivity contribution in [2.24, 2.45) is 0 Å². The lowest BCUT2D eigenvalue weighted by Gasteiger charge is -2.14. The van der Waals surface area contributed by atoms with Crippen LogP contribution < -0.4 is 0 Å². The normalized spacial score (nSPS) is 11.6. The molecule has 4 heterocycles. The first-order valence-corrected chi connectivity index (χ1v) is 22.0. The zero-order chi connectivity index (χ0) is 43.6. The molecule has 4 aromatic heterocycles. The van der Waals surface area contributed by atoms with Crippen LogP contribution in [0.1, 0.15) is 0 Å². The van der Waals surface area contributed by atoms with Crippen molar-refractivity contribution in [3.8, 4) is 68.6 Å². The van der Waals surface area contributed by atoms with Crippen LogP contribution >= 0.6 is 0 Å². The third kappa shape index (κ3) is 6.23. The fourth-order valence-corrected chi connectivity index (χ4v) is 9.34. The Labute approximate surface area is 378 Å². The maximum Gasteiger partial charge on any atom is 0.238 e. The number of aromatic nitrogens is 8. The van der Waals surface area contributed by atoms with Crippen LogP contribution in [0.4, 0.5) is 0 Å². The third-order valence-electron chi connectivity index (χ3n) is 12.4. The lowest BCUT2D eigenvalue weighted by atomic mass is 10.1. The van der Waals surface area contributed by atoms with E-state index in [-0.39, 0.29) is 0 Å². The molecule has 0 spiro atoms. The Bertz CT molecular complexity index is 3930. The van der Waals surface area contributed by atoms with Gasteiger partial charge < -0.3 is 4.57 Å². The number of benzene rings is 9. The smallest absolute Gasteiger partial charge is 0.238 e. The highest BCUT2D eigenvalue weighted by Gasteiger charge is 2.24. The summed E-state index contributed by atoms with van der Waals surface area (Å²) in [6.45, 7) is 0. The summed E-state index contributed by atoms with van der Waals surface area (Å²) < 4.78 is 4.60. The van der Waals surface area contributed by atoms with Gasteiger partial charge in [-0.2, -0.15) is 9.97 Å². The van der Waals surface area contributed by atoms with Crippen LogP contribution in [0.5, 0.6) is 0 Å². The van der Waals surface area contributed by atoms with Crippen LogP contribution in [-0.4, -0.2) is 39.0 Å². The summed E-state index contributed by atoms with van der Waals surface area (Å²) in [6, 6.07) is 75.2. The molecule has 0 unspecified atom stereocenters. The number of hydrogen-bond donors (Lipinski definition) is 0. The quantitative estimate of drug-likeness (QED) is 0.159. The van der Waals surface area contributed by atoms with Crippen LogP contribution in [-0.2, 0) is 0 Å². The van der Waals surface area contributed by atoms with Gasteiger partial charge >= 0.3 is 0 Å². The van der Waals surface area contributed by atoms with Crippen molar-refractivity contribution in [1.82, 2.24) is 39.0 Å². The summed E-state index contributed by atoms with van der Waals surface area (Å²) in [5.41, 5.74) is 9.57. The van der Waals surface area contributed by atoms with Crippen LogP contribution in [0, 0.1) is 0 Å². The predicted molar refractivity (Wildman–Crippen MR) is 267 cm³/mol. The fourth-order valence-electron chi connectivity index (χ4n) is 9.34. The molecule has 13 aromatic rings. The molecule has 0 amide bonds. The summed E-state index contributed by atoms with van der Waals surface area (Å²) in [7, 11) is 0. The first-order chi connectivity index (χ1) is 32.7. The van der Waals surface area contributed by atoms with Gasteiger partial charge in [0.1, 0.15) is 0 Å². The standard InChI is InChI=1S/C58H36N8/c1-4-18-38(19-5-1)53-59-54(39-20-6-2-7-21-39)61-56(60-53)42-25-16-26-44(36-42)65-49-29-14-12-27-45(49)47-33-34-48-46-28-13-15-30-50(46)66(52(48)51(47)65)58-63-55(40-22-8-3-9-23-40)62-57(64-58)43-32-31-37-17-10-11-24-41(37)35-43/h1-36H. The van der Waals surface area contributed by atoms with E-state index in [0.717, 1.165) is 87.9 Å². The topological polar surface area (TPSA) is 87.2 Å². The average molecular weight is 845 g/mol.